The van der Waals surface area contributed by atoms with Crippen LogP contribution in [-0.4, -0.2) is 65.3 Å². The molecule has 204 valence electrons. The lowest BCUT2D eigenvalue weighted by atomic mass is 10.1. The second-order valence-electron chi connectivity index (χ2n) is 10.4. The van der Waals surface area contributed by atoms with Crippen LogP contribution in [0.5, 0.6) is 0 Å². The van der Waals surface area contributed by atoms with Crippen molar-refractivity contribution in [1.82, 2.24) is 20.2 Å². The summed E-state index contributed by atoms with van der Waals surface area (Å²) >= 11 is 1.72. The molecule has 11 heteroatoms. The van der Waals surface area contributed by atoms with Gasteiger partial charge < -0.3 is 19.8 Å². The van der Waals surface area contributed by atoms with Crippen LogP contribution in [0.15, 0.2) is 29.6 Å². The fourth-order valence-corrected chi connectivity index (χ4v) is 7.06. The van der Waals surface area contributed by atoms with Crippen molar-refractivity contribution in [2.75, 3.05) is 26.3 Å². The van der Waals surface area contributed by atoms with Crippen molar-refractivity contribution in [2.24, 2.45) is 0 Å². The van der Waals surface area contributed by atoms with Gasteiger partial charge in [0.25, 0.3) is 0 Å². The van der Waals surface area contributed by atoms with Gasteiger partial charge in [-0.1, -0.05) is 6.07 Å². The van der Waals surface area contributed by atoms with Crippen molar-refractivity contribution < 1.29 is 27.4 Å². The Bertz CT molecular complexity index is 1280. The number of nitrogens with one attached hydrogen (secondary N) is 2. The minimum atomic E-state index is -4.52. The number of aryl methyl sites for hydroxylation is 1. The van der Waals surface area contributed by atoms with E-state index in [1.807, 2.05) is 0 Å². The number of rotatable bonds is 6. The molecule has 2 saturated heterocycles. The van der Waals surface area contributed by atoms with Gasteiger partial charge in [-0.3, -0.25) is 9.69 Å². The highest BCUT2D eigenvalue weighted by Crippen LogP contribution is 2.40. The minimum absolute atomic E-state index is 0.0305. The maximum atomic E-state index is 13.4. The van der Waals surface area contributed by atoms with Crippen LogP contribution in [0, 0.1) is 0 Å². The molecule has 3 aromatic rings. The number of ether oxygens (including phenoxy) is 2. The maximum absolute atomic E-state index is 13.4. The molecule has 2 aromatic heterocycles. The topological polar surface area (TPSA) is 79.5 Å². The minimum Gasteiger partial charge on any atom is -0.381 e. The molecule has 4 heterocycles. The number of hydrogen-bond donors (Lipinski definition) is 2. The van der Waals surface area contributed by atoms with Crippen molar-refractivity contribution in [3.63, 3.8) is 0 Å². The number of nitrogens with zero attached hydrogens (tertiary/aromatic N) is 2. The molecule has 0 bridgehead atoms. The van der Waals surface area contributed by atoms with Gasteiger partial charge in [0.1, 0.15) is 11.3 Å². The van der Waals surface area contributed by atoms with Crippen LogP contribution in [0.2, 0.25) is 0 Å². The number of para-hydroxylation sites is 1. The summed E-state index contributed by atoms with van der Waals surface area (Å²) in [6.07, 6.45) is 0.162. The third-order valence-corrected chi connectivity index (χ3v) is 8.91. The summed E-state index contributed by atoms with van der Waals surface area (Å²) in [6, 6.07) is 6.19. The number of halogens is 3. The summed E-state index contributed by atoms with van der Waals surface area (Å²) in [5.74, 6) is -0.0769. The van der Waals surface area contributed by atoms with Crippen LogP contribution in [0.25, 0.3) is 11.0 Å². The molecule has 7 nitrogen and oxygen atoms in total. The average molecular weight is 549 g/mol. The Kier molecular flexibility index (Phi) is 7.19. The summed E-state index contributed by atoms with van der Waals surface area (Å²) in [5, 5.41) is 5.23. The standard InChI is InChI=1S/C27H31F3N4O3S/c28-27(29,30)18-4-1-5-19-25(18)33-23(31-19)13-24(35)32-20-14-34(17-3-2-10-36-11-8-17)15-22(20)37-21-7-6-16-9-12-38-26(16)21/h1,4-5,9,12,17,20-22H,2-3,6-8,10-11,13-15H2,(H,31,33)(H,32,35)/t17?,20?,21?,22-/m0/s1. The molecule has 2 aliphatic heterocycles. The fraction of sp³-hybridized carbons (Fsp3) is 0.556. The Morgan fingerprint density at radius 3 is 2.97 bits per heavy atom. The van der Waals surface area contributed by atoms with E-state index in [9.17, 15) is 18.0 Å². The summed E-state index contributed by atoms with van der Waals surface area (Å²) in [7, 11) is 0. The van der Waals surface area contributed by atoms with Crippen molar-refractivity contribution >= 4 is 28.3 Å². The van der Waals surface area contributed by atoms with Crippen molar-refractivity contribution in [3.8, 4) is 0 Å². The van der Waals surface area contributed by atoms with Gasteiger partial charge in [0.15, 0.2) is 0 Å². The predicted octanol–water partition coefficient (Wildman–Crippen LogP) is 4.63. The average Bonchev–Trinajstić information content (AvgIpc) is 3.61. The van der Waals surface area contributed by atoms with E-state index in [4.69, 9.17) is 9.47 Å². The van der Waals surface area contributed by atoms with Gasteiger partial charge in [0.2, 0.25) is 5.91 Å². The van der Waals surface area contributed by atoms with Crippen LogP contribution in [0.1, 0.15) is 53.6 Å². The number of alkyl halides is 3. The highest BCUT2D eigenvalue weighted by Gasteiger charge is 2.40. The lowest BCUT2D eigenvalue weighted by Crippen LogP contribution is -2.45. The molecule has 1 aromatic carbocycles. The van der Waals surface area contributed by atoms with Gasteiger partial charge in [-0.2, -0.15) is 13.2 Å². The first kappa shape index (κ1) is 25.8. The fourth-order valence-electron chi connectivity index (χ4n) is 6.03. The number of H-pyrrole nitrogens is 1. The molecule has 38 heavy (non-hydrogen) atoms. The number of fused-ring (bicyclic) bond motifs is 2. The molecule has 3 unspecified atom stereocenters. The molecule has 4 atom stereocenters. The Labute approximate surface area is 222 Å². The zero-order chi connectivity index (χ0) is 26.3. The number of benzene rings is 1. The summed E-state index contributed by atoms with van der Waals surface area (Å²) in [5.41, 5.74) is 0.633. The van der Waals surface area contributed by atoms with Crippen LogP contribution in [0.3, 0.4) is 0 Å². The third kappa shape index (κ3) is 5.34. The molecule has 2 N–H and O–H groups in total. The van der Waals surface area contributed by atoms with E-state index in [1.165, 1.54) is 22.6 Å². The number of imidazole rings is 1. The zero-order valence-electron chi connectivity index (χ0n) is 20.9. The van der Waals surface area contributed by atoms with E-state index < -0.39 is 11.7 Å². The first-order valence-corrected chi connectivity index (χ1v) is 14.1. The van der Waals surface area contributed by atoms with E-state index in [0.717, 1.165) is 57.9 Å². The van der Waals surface area contributed by atoms with Gasteiger partial charge in [0.05, 0.1) is 35.8 Å². The van der Waals surface area contributed by atoms with Crippen molar-refractivity contribution in [3.05, 3.63) is 51.5 Å². The van der Waals surface area contributed by atoms with Gasteiger partial charge in [0, 0.05) is 37.2 Å². The number of thiophene rings is 1. The highest BCUT2D eigenvalue weighted by molar-refractivity contribution is 7.10. The lowest BCUT2D eigenvalue weighted by Gasteiger charge is -2.26. The Morgan fingerprint density at radius 1 is 1.21 bits per heavy atom. The Hall–Kier alpha value is -2.47. The summed E-state index contributed by atoms with van der Waals surface area (Å²) in [6.45, 7) is 2.91. The highest BCUT2D eigenvalue weighted by atomic mass is 32.1. The monoisotopic (exact) mass is 548 g/mol. The van der Waals surface area contributed by atoms with Gasteiger partial charge >= 0.3 is 6.18 Å². The lowest BCUT2D eigenvalue weighted by molar-refractivity contribution is -0.136. The molecule has 2 fully saturated rings. The Morgan fingerprint density at radius 2 is 2.11 bits per heavy atom. The maximum Gasteiger partial charge on any atom is 0.418 e. The predicted molar refractivity (Wildman–Crippen MR) is 137 cm³/mol. The van der Waals surface area contributed by atoms with E-state index in [-0.39, 0.29) is 47.4 Å². The van der Waals surface area contributed by atoms with E-state index in [2.05, 4.69) is 31.6 Å². The number of aromatic nitrogens is 2. The van der Waals surface area contributed by atoms with Crippen LogP contribution in [-0.2, 0) is 33.3 Å². The first-order valence-electron chi connectivity index (χ1n) is 13.2. The van der Waals surface area contributed by atoms with Crippen LogP contribution < -0.4 is 5.32 Å². The molecule has 1 aliphatic carbocycles. The number of aromatic amines is 1. The number of amides is 1. The molecular weight excluding hydrogens is 517 g/mol. The van der Waals surface area contributed by atoms with Crippen molar-refractivity contribution in [1.29, 1.82) is 0 Å². The van der Waals surface area contributed by atoms with E-state index in [1.54, 1.807) is 11.3 Å². The quantitative estimate of drug-likeness (QED) is 0.470. The summed E-state index contributed by atoms with van der Waals surface area (Å²) < 4.78 is 52.5. The number of carbonyl (C=O) groups is 1. The smallest absolute Gasteiger partial charge is 0.381 e. The van der Waals surface area contributed by atoms with Crippen LogP contribution in [0.4, 0.5) is 13.2 Å². The molecule has 1 amide bonds. The second-order valence-corrected chi connectivity index (χ2v) is 11.3. The van der Waals surface area contributed by atoms with E-state index in [0.29, 0.717) is 12.6 Å². The van der Waals surface area contributed by atoms with Gasteiger partial charge in [-0.25, -0.2) is 4.98 Å². The number of carbonyl (C=O) groups excluding carboxylic acids is 1. The van der Waals surface area contributed by atoms with E-state index >= 15 is 0 Å². The van der Waals surface area contributed by atoms with Gasteiger partial charge in [-0.05, 0) is 61.2 Å². The number of hydrogen-bond acceptors (Lipinski definition) is 6. The normalized spacial score (nSPS) is 26.5. The third-order valence-electron chi connectivity index (χ3n) is 7.86. The van der Waals surface area contributed by atoms with Crippen molar-refractivity contribution in [2.45, 2.75) is 69.0 Å². The molecule has 0 radical (unpaired) electrons. The second kappa shape index (κ2) is 10.6. The van der Waals surface area contributed by atoms with Crippen LogP contribution >= 0.6 is 11.3 Å². The van der Waals surface area contributed by atoms with Gasteiger partial charge in [-0.15, -0.1) is 11.3 Å². The summed E-state index contributed by atoms with van der Waals surface area (Å²) in [4.78, 5) is 23.8. The Balaban J connectivity index is 1.17. The molecule has 6 rings (SSSR count). The molecular formula is C27H31F3N4O3S. The molecule has 3 aliphatic rings. The molecule has 0 saturated carbocycles. The SMILES string of the molecule is O=C(Cc1nc2c(C(F)(F)F)cccc2[nH]1)NC1CN(C2CCCOCC2)C[C@@H]1OC1CCc2ccsc21. The first-order chi connectivity index (χ1) is 18.3. The number of likely N-dealkylation sites (tertiary alicyclic amines) is 1. The largest absolute Gasteiger partial charge is 0.418 e. The molecule has 0 spiro atoms. The zero-order valence-corrected chi connectivity index (χ0v) is 21.7.